The van der Waals surface area contributed by atoms with Gasteiger partial charge in [-0.15, -0.1) is 0 Å². The molecular formula is C34H48N4O4. The first-order chi connectivity index (χ1) is 20.3. The van der Waals surface area contributed by atoms with Crippen molar-refractivity contribution in [1.82, 2.24) is 15.1 Å². The Kier molecular flexibility index (Phi) is 8.47. The Morgan fingerprint density at radius 3 is 2.40 bits per heavy atom. The number of hydrogen-bond donors (Lipinski definition) is 2. The first kappa shape index (κ1) is 29.4. The van der Waals surface area contributed by atoms with Gasteiger partial charge >= 0.3 is 0 Å². The van der Waals surface area contributed by atoms with E-state index < -0.39 is 29.6 Å². The summed E-state index contributed by atoms with van der Waals surface area (Å²) < 4.78 is 6.53. The van der Waals surface area contributed by atoms with E-state index in [1.54, 1.807) is 4.90 Å². The summed E-state index contributed by atoms with van der Waals surface area (Å²) in [5.41, 5.74) is 0.797. The van der Waals surface area contributed by atoms with Gasteiger partial charge in [-0.1, -0.05) is 64.3 Å². The van der Waals surface area contributed by atoms with Crippen LogP contribution in [0.2, 0.25) is 0 Å². The van der Waals surface area contributed by atoms with Gasteiger partial charge in [0.15, 0.2) is 0 Å². The van der Waals surface area contributed by atoms with E-state index >= 15 is 0 Å². The largest absolute Gasteiger partial charge is 0.359 e. The van der Waals surface area contributed by atoms with Gasteiger partial charge in [-0.05, 0) is 81.3 Å². The number of nitrogens with zero attached hydrogens (tertiary/aromatic N) is 2. The molecule has 6 rings (SSSR count). The molecule has 2 N–H and O–H groups in total. The Bertz CT molecular complexity index is 1180. The topological polar surface area (TPSA) is 91.0 Å². The molecule has 5 aliphatic rings. The molecule has 3 amide bonds. The van der Waals surface area contributed by atoms with Crippen LogP contribution in [0.1, 0.15) is 83.6 Å². The quantitative estimate of drug-likeness (QED) is 0.424. The van der Waals surface area contributed by atoms with Gasteiger partial charge in [0.1, 0.15) is 11.6 Å². The number of rotatable bonds is 9. The highest BCUT2D eigenvalue weighted by Gasteiger charge is 2.72. The van der Waals surface area contributed by atoms with Crippen molar-refractivity contribution in [3.8, 4) is 0 Å². The van der Waals surface area contributed by atoms with Crippen LogP contribution in [0, 0.1) is 17.8 Å². The standard InChI is InChI=1S/C34H48N4O4/c1-22(2)24-10-12-26(13-11-24)35-31(39)28-27-14-17-34(42-27)29(28)33(41)38(19-7-18-37-20-15-23(3)16-21-37)30(34)32(40)36-25-8-5-4-6-9-25/h10-14,17,22-23,25,27-30H,4-9,15-16,18-21H2,1-3H3,(H,35,39)(H,36,40)/t27-,28+,29-,30-,34-/m0/s1. The normalized spacial score (nSPS) is 31.6. The Labute approximate surface area is 250 Å². The van der Waals surface area contributed by atoms with E-state index in [0.717, 1.165) is 57.7 Å². The van der Waals surface area contributed by atoms with Gasteiger partial charge in [0, 0.05) is 18.3 Å². The predicted octanol–water partition coefficient (Wildman–Crippen LogP) is 4.47. The number of fused-ring (bicyclic) bond motifs is 1. The molecule has 2 bridgehead atoms. The summed E-state index contributed by atoms with van der Waals surface area (Å²) in [7, 11) is 0. The molecule has 5 atom stereocenters. The fourth-order valence-corrected chi connectivity index (χ4v) is 7.96. The van der Waals surface area contributed by atoms with Gasteiger partial charge in [0.25, 0.3) is 0 Å². The van der Waals surface area contributed by atoms with Crippen molar-refractivity contribution in [2.24, 2.45) is 17.8 Å². The smallest absolute Gasteiger partial charge is 0.246 e. The average Bonchev–Trinajstić information content (AvgIpc) is 3.62. The monoisotopic (exact) mass is 576 g/mol. The van der Waals surface area contributed by atoms with Gasteiger partial charge < -0.3 is 25.2 Å². The molecule has 8 nitrogen and oxygen atoms in total. The Hall–Kier alpha value is -2.71. The lowest BCUT2D eigenvalue weighted by molar-refractivity contribution is -0.141. The van der Waals surface area contributed by atoms with Crippen molar-refractivity contribution < 1.29 is 19.1 Å². The second-order valence-electron chi connectivity index (χ2n) is 13.7. The van der Waals surface area contributed by atoms with Crippen molar-refractivity contribution in [1.29, 1.82) is 0 Å². The molecule has 4 aliphatic heterocycles. The van der Waals surface area contributed by atoms with Gasteiger partial charge in [-0.3, -0.25) is 14.4 Å². The highest BCUT2D eigenvalue weighted by atomic mass is 16.5. The summed E-state index contributed by atoms with van der Waals surface area (Å²) in [6.07, 6.45) is 11.9. The van der Waals surface area contributed by atoms with Crippen molar-refractivity contribution in [3.63, 3.8) is 0 Å². The maximum atomic E-state index is 14.2. The van der Waals surface area contributed by atoms with Crippen LogP contribution in [0.5, 0.6) is 0 Å². The molecule has 0 unspecified atom stereocenters. The second-order valence-corrected chi connectivity index (χ2v) is 13.7. The molecular weight excluding hydrogens is 528 g/mol. The second kappa shape index (κ2) is 12.1. The number of carbonyl (C=O) groups excluding carboxylic acids is 3. The van der Waals surface area contributed by atoms with E-state index in [4.69, 9.17) is 4.74 Å². The van der Waals surface area contributed by atoms with Crippen LogP contribution in [0.3, 0.4) is 0 Å². The third-order valence-corrected chi connectivity index (χ3v) is 10.5. The Morgan fingerprint density at radius 1 is 1.00 bits per heavy atom. The molecule has 0 aromatic heterocycles. The highest BCUT2D eigenvalue weighted by molar-refractivity contribution is 6.02. The summed E-state index contributed by atoms with van der Waals surface area (Å²) in [6.45, 7) is 10.1. The minimum Gasteiger partial charge on any atom is -0.359 e. The number of anilines is 1. The SMILES string of the molecule is CC1CCN(CCCN2C(=O)[C@@H]3[C@H](C(=O)Nc4ccc(C(C)C)cc4)[C@@H]4C=C[C@@]3(O4)[C@@H]2C(=O)NC2CCCCC2)CC1. The maximum absolute atomic E-state index is 14.2. The summed E-state index contributed by atoms with van der Waals surface area (Å²) in [5.74, 6) is -0.712. The molecule has 8 heteroatoms. The van der Waals surface area contributed by atoms with E-state index in [1.165, 1.54) is 24.8 Å². The molecule has 1 saturated carbocycles. The molecule has 1 spiro atoms. The lowest BCUT2D eigenvalue weighted by Crippen LogP contribution is -2.56. The van der Waals surface area contributed by atoms with Crippen LogP contribution < -0.4 is 10.6 Å². The van der Waals surface area contributed by atoms with Crippen molar-refractivity contribution >= 4 is 23.4 Å². The van der Waals surface area contributed by atoms with Crippen molar-refractivity contribution in [3.05, 3.63) is 42.0 Å². The van der Waals surface area contributed by atoms with Crippen LogP contribution in [-0.4, -0.2) is 77.5 Å². The summed E-state index contributed by atoms with van der Waals surface area (Å²) >= 11 is 0. The molecule has 4 fully saturated rings. The molecule has 228 valence electrons. The third kappa shape index (κ3) is 5.52. The number of nitrogens with one attached hydrogen (secondary N) is 2. The molecule has 4 heterocycles. The van der Waals surface area contributed by atoms with Gasteiger partial charge in [0.2, 0.25) is 17.7 Å². The van der Waals surface area contributed by atoms with Crippen molar-refractivity contribution in [2.45, 2.75) is 102 Å². The fraction of sp³-hybridized carbons (Fsp3) is 0.676. The zero-order valence-electron chi connectivity index (χ0n) is 25.5. The first-order valence-corrected chi connectivity index (χ1v) is 16.4. The zero-order valence-corrected chi connectivity index (χ0v) is 25.5. The van der Waals surface area contributed by atoms with Crippen LogP contribution in [0.25, 0.3) is 0 Å². The molecule has 0 radical (unpaired) electrons. The molecule has 3 saturated heterocycles. The van der Waals surface area contributed by atoms with Gasteiger partial charge in [-0.2, -0.15) is 0 Å². The summed E-state index contributed by atoms with van der Waals surface area (Å²) in [4.78, 5) is 46.2. The highest BCUT2D eigenvalue weighted by Crippen LogP contribution is 2.55. The van der Waals surface area contributed by atoms with E-state index in [1.807, 2.05) is 36.4 Å². The maximum Gasteiger partial charge on any atom is 0.246 e. The van der Waals surface area contributed by atoms with Gasteiger partial charge in [-0.25, -0.2) is 0 Å². The minimum atomic E-state index is -1.11. The minimum absolute atomic E-state index is 0.129. The van der Waals surface area contributed by atoms with Gasteiger partial charge in [0.05, 0.1) is 17.9 Å². The average molecular weight is 577 g/mol. The zero-order chi connectivity index (χ0) is 29.4. The van der Waals surface area contributed by atoms with Crippen molar-refractivity contribution in [2.75, 3.05) is 31.5 Å². The predicted molar refractivity (Wildman–Crippen MR) is 163 cm³/mol. The third-order valence-electron chi connectivity index (χ3n) is 10.5. The van der Waals surface area contributed by atoms with E-state index in [2.05, 4.69) is 36.3 Å². The van der Waals surface area contributed by atoms with E-state index in [-0.39, 0.29) is 23.8 Å². The molecule has 1 aliphatic carbocycles. The van der Waals surface area contributed by atoms with E-state index in [9.17, 15) is 14.4 Å². The van der Waals surface area contributed by atoms with Crippen LogP contribution in [-0.2, 0) is 19.1 Å². The van der Waals surface area contributed by atoms with Crippen LogP contribution in [0.15, 0.2) is 36.4 Å². The summed E-state index contributed by atoms with van der Waals surface area (Å²) in [5, 5.41) is 6.34. The molecule has 1 aromatic carbocycles. The first-order valence-electron chi connectivity index (χ1n) is 16.4. The number of amides is 3. The Morgan fingerprint density at radius 2 is 1.71 bits per heavy atom. The number of hydrogen-bond acceptors (Lipinski definition) is 5. The number of piperidine rings is 1. The summed E-state index contributed by atoms with van der Waals surface area (Å²) in [6, 6.07) is 7.24. The number of likely N-dealkylation sites (tertiary alicyclic amines) is 2. The molecule has 1 aromatic rings. The number of ether oxygens (including phenoxy) is 1. The van der Waals surface area contributed by atoms with Crippen LogP contribution >= 0.6 is 0 Å². The fourth-order valence-electron chi connectivity index (χ4n) is 7.96. The molecule has 42 heavy (non-hydrogen) atoms. The lowest BCUT2D eigenvalue weighted by Gasteiger charge is -2.35. The van der Waals surface area contributed by atoms with E-state index in [0.29, 0.717) is 18.2 Å². The number of carbonyl (C=O) groups is 3. The number of benzene rings is 1. The lowest BCUT2D eigenvalue weighted by atomic mass is 9.74. The Balaban J connectivity index is 1.21. The van der Waals surface area contributed by atoms with Crippen LogP contribution in [0.4, 0.5) is 5.69 Å².